The molecule has 0 radical (unpaired) electrons. The standard InChI is InChI=1S/C20H23FN2O2S/c1-13-5-6-14(2)19(9-13)26(24,25)23-12-20(3,4)17-11-22-18-8-7-15(21)10-16(17)18/h5-11,22-23H,12H2,1-4H3. The zero-order valence-electron chi connectivity index (χ0n) is 15.4. The number of rotatable bonds is 5. The minimum atomic E-state index is -3.63. The fraction of sp³-hybridized carbons (Fsp3) is 0.300. The highest BCUT2D eigenvalue weighted by Gasteiger charge is 2.27. The smallest absolute Gasteiger partial charge is 0.240 e. The fourth-order valence-corrected chi connectivity index (χ4v) is 4.64. The number of benzene rings is 2. The summed E-state index contributed by atoms with van der Waals surface area (Å²) in [6.07, 6.45) is 1.82. The van der Waals surface area contributed by atoms with Gasteiger partial charge in [-0.3, -0.25) is 0 Å². The maximum Gasteiger partial charge on any atom is 0.240 e. The minimum Gasteiger partial charge on any atom is -0.361 e. The summed E-state index contributed by atoms with van der Waals surface area (Å²) in [5.74, 6) is -0.315. The number of halogens is 1. The van der Waals surface area contributed by atoms with Gasteiger partial charge in [-0.25, -0.2) is 17.5 Å². The van der Waals surface area contributed by atoms with Crippen molar-refractivity contribution in [3.8, 4) is 0 Å². The van der Waals surface area contributed by atoms with E-state index in [1.54, 1.807) is 25.1 Å². The van der Waals surface area contributed by atoms with Gasteiger partial charge in [-0.2, -0.15) is 0 Å². The molecule has 0 aliphatic carbocycles. The maximum atomic E-state index is 13.6. The molecule has 1 aromatic heterocycles. The molecule has 0 saturated heterocycles. The van der Waals surface area contributed by atoms with E-state index in [1.807, 2.05) is 33.0 Å². The van der Waals surface area contributed by atoms with Crippen molar-refractivity contribution in [3.05, 3.63) is 65.1 Å². The molecule has 138 valence electrons. The quantitative estimate of drug-likeness (QED) is 0.704. The number of hydrogen-bond acceptors (Lipinski definition) is 2. The van der Waals surface area contributed by atoms with Crippen molar-refractivity contribution in [2.45, 2.75) is 38.0 Å². The van der Waals surface area contributed by atoms with Gasteiger partial charge in [0, 0.05) is 29.1 Å². The third kappa shape index (κ3) is 3.52. The number of aromatic amines is 1. The Morgan fingerprint density at radius 3 is 2.58 bits per heavy atom. The molecule has 0 spiro atoms. The molecule has 0 atom stereocenters. The molecule has 2 N–H and O–H groups in total. The van der Waals surface area contributed by atoms with Crippen molar-refractivity contribution in [2.75, 3.05) is 6.54 Å². The molecule has 3 aromatic rings. The van der Waals surface area contributed by atoms with Gasteiger partial charge < -0.3 is 4.98 Å². The van der Waals surface area contributed by atoms with E-state index in [-0.39, 0.29) is 12.4 Å². The van der Waals surface area contributed by atoms with Crippen LogP contribution in [0.2, 0.25) is 0 Å². The monoisotopic (exact) mass is 374 g/mol. The lowest BCUT2D eigenvalue weighted by atomic mass is 9.85. The van der Waals surface area contributed by atoms with Crippen LogP contribution in [0.25, 0.3) is 10.9 Å². The predicted molar refractivity (Wildman–Crippen MR) is 102 cm³/mol. The highest BCUT2D eigenvalue weighted by molar-refractivity contribution is 7.89. The molecule has 0 aliphatic rings. The molecule has 3 rings (SSSR count). The summed E-state index contributed by atoms with van der Waals surface area (Å²) in [6, 6.07) is 9.92. The fourth-order valence-electron chi connectivity index (χ4n) is 3.10. The van der Waals surface area contributed by atoms with Crippen LogP contribution in [0.5, 0.6) is 0 Å². The van der Waals surface area contributed by atoms with E-state index in [1.165, 1.54) is 12.1 Å². The van der Waals surface area contributed by atoms with Crippen LogP contribution in [0, 0.1) is 19.7 Å². The van der Waals surface area contributed by atoms with E-state index in [0.717, 1.165) is 22.0 Å². The van der Waals surface area contributed by atoms with Crippen molar-refractivity contribution < 1.29 is 12.8 Å². The van der Waals surface area contributed by atoms with E-state index in [4.69, 9.17) is 0 Å². The normalized spacial score (nSPS) is 12.7. The summed E-state index contributed by atoms with van der Waals surface area (Å²) < 4.78 is 41.9. The van der Waals surface area contributed by atoms with Crippen molar-refractivity contribution in [1.29, 1.82) is 0 Å². The summed E-state index contributed by atoms with van der Waals surface area (Å²) in [7, 11) is -3.63. The zero-order valence-corrected chi connectivity index (χ0v) is 16.2. The second kappa shape index (κ2) is 6.52. The van der Waals surface area contributed by atoms with Crippen molar-refractivity contribution in [3.63, 3.8) is 0 Å². The van der Waals surface area contributed by atoms with Crippen molar-refractivity contribution in [1.82, 2.24) is 9.71 Å². The molecule has 0 bridgehead atoms. The van der Waals surface area contributed by atoms with Crippen LogP contribution < -0.4 is 4.72 Å². The largest absolute Gasteiger partial charge is 0.361 e. The van der Waals surface area contributed by atoms with Gasteiger partial charge in [-0.1, -0.05) is 26.0 Å². The number of hydrogen-bond donors (Lipinski definition) is 2. The maximum absolute atomic E-state index is 13.6. The van der Waals surface area contributed by atoms with Crippen LogP contribution in [0.3, 0.4) is 0 Å². The topological polar surface area (TPSA) is 62.0 Å². The van der Waals surface area contributed by atoms with E-state index < -0.39 is 15.4 Å². The molecular formula is C20H23FN2O2S. The highest BCUT2D eigenvalue weighted by atomic mass is 32.2. The molecule has 0 unspecified atom stereocenters. The molecular weight excluding hydrogens is 351 g/mol. The van der Waals surface area contributed by atoms with Gasteiger partial charge in [0.25, 0.3) is 0 Å². The Hall–Kier alpha value is -2.18. The van der Waals surface area contributed by atoms with E-state index >= 15 is 0 Å². The Morgan fingerprint density at radius 1 is 1.12 bits per heavy atom. The Bertz CT molecular complexity index is 1070. The number of fused-ring (bicyclic) bond motifs is 1. The van der Waals surface area contributed by atoms with Crippen LogP contribution >= 0.6 is 0 Å². The lowest BCUT2D eigenvalue weighted by Crippen LogP contribution is -2.36. The van der Waals surface area contributed by atoms with Gasteiger partial charge in [-0.15, -0.1) is 0 Å². The number of nitrogens with one attached hydrogen (secondary N) is 2. The van der Waals surface area contributed by atoms with Crippen LogP contribution in [-0.4, -0.2) is 19.9 Å². The Kier molecular flexibility index (Phi) is 4.67. The molecule has 0 fully saturated rings. The number of sulfonamides is 1. The summed E-state index contributed by atoms with van der Waals surface area (Å²) in [5.41, 5.74) is 2.77. The van der Waals surface area contributed by atoms with E-state index in [2.05, 4.69) is 9.71 Å². The second-order valence-electron chi connectivity index (χ2n) is 7.37. The number of aromatic nitrogens is 1. The second-order valence-corrected chi connectivity index (χ2v) is 9.11. The molecule has 0 amide bonds. The molecule has 26 heavy (non-hydrogen) atoms. The zero-order chi connectivity index (χ0) is 19.1. The lowest BCUT2D eigenvalue weighted by Gasteiger charge is -2.25. The summed E-state index contributed by atoms with van der Waals surface area (Å²) in [5, 5.41) is 0.765. The molecule has 4 nitrogen and oxygen atoms in total. The average molecular weight is 374 g/mol. The van der Waals surface area contributed by atoms with Crippen LogP contribution in [0.1, 0.15) is 30.5 Å². The summed E-state index contributed by atoms with van der Waals surface area (Å²) in [6.45, 7) is 7.72. The van der Waals surface area contributed by atoms with Gasteiger partial charge >= 0.3 is 0 Å². The number of aryl methyl sites for hydroxylation is 2. The van der Waals surface area contributed by atoms with Gasteiger partial charge in [0.15, 0.2) is 0 Å². The molecule has 1 heterocycles. The molecule has 0 saturated carbocycles. The van der Waals surface area contributed by atoms with Crippen molar-refractivity contribution >= 4 is 20.9 Å². The predicted octanol–water partition coefficient (Wildman–Crippen LogP) is 4.18. The first kappa shape index (κ1) is 18.6. The lowest BCUT2D eigenvalue weighted by molar-refractivity contribution is 0.504. The average Bonchev–Trinajstić information content (AvgIpc) is 2.99. The van der Waals surface area contributed by atoms with Crippen molar-refractivity contribution in [2.24, 2.45) is 0 Å². The first-order valence-electron chi connectivity index (χ1n) is 8.44. The molecule has 2 aromatic carbocycles. The summed E-state index contributed by atoms with van der Waals surface area (Å²) in [4.78, 5) is 3.41. The Morgan fingerprint density at radius 2 is 1.85 bits per heavy atom. The third-order valence-electron chi connectivity index (χ3n) is 4.71. The third-order valence-corrected chi connectivity index (χ3v) is 6.25. The first-order chi connectivity index (χ1) is 12.1. The minimum absolute atomic E-state index is 0.201. The highest BCUT2D eigenvalue weighted by Crippen LogP contribution is 2.31. The first-order valence-corrected chi connectivity index (χ1v) is 9.92. The SMILES string of the molecule is Cc1ccc(C)c(S(=O)(=O)NCC(C)(C)c2c[nH]c3ccc(F)cc23)c1. The van der Waals surface area contributed by atoms with E-state index in [9.17, 15) is 12.8 Å². The van der Waals surface area contributed by atoms with Crippen LogP contribution in [0.4, 0.5) is 4.39 Å². The van der Waals surface area contributed by atoms with Gasteiger partial charge in [-0.05, 0) is 54.8 Å². The van der Waals surface area contributed by atoms with Crippen LogP contribution in [-0.2, 0) is 15.4 Å². The van der Waals surface area contributed by atoms with E-state index in [0.29, 0.717) is 10.5 Å². The number of H-pyrrole nitrogens is 1. The van der Waals surface area contributed by atoms with Gasteiger partial charge in [0.05, 0.1) is 4.90 Å². The Labute approximate surface area is 153 Å². The summed E-state index contributed by atoms with van der Waals surface area (Å²) >= 11 is 0. The van der Waals surface area contributed by atoms with Gasteiger partial charge in [0.2, 0.25) is 10.0 Å². The Balaban J connectivity index is 1.89. The molecule has 0 aliphatic heterocycles. The molecule has 6 heteroatoms. The van der Waals surface area contributed by atoms with Crippen LogP contribution in [0.15, 0.2) is 47.5 Å². The van der Waals surface area contributed by atoms with Gasteiger partial charge in [0.1, 0.15) is 5.82 Å².